The molecule has 1 saturated heterocycles. The molecule has 2 aliphatic rings. The van der Waals surface area contributed by atoms with Gasteiger partial charge in [0.15, 0.2) is 12.4 Å². The van der Waals surface area contributed by atoms with E-state index in [2.05, 4.69) is 5.16 Å². The fourth-order valence-corrected chi connectivity index (χ4v) is 4.40. The van der Waals surface area contributed by atoms with Gasteiger partial charge in [0.2, 0.25) is 11.8 Å². The molecule has 1 aromatic carbocycles. The summed E-state index contributed by atoms with van der Waals surface area (Å²) in [7, 11) is 1.60. The normalized spacial score (nSPS) is 20.8. The highest BCUT2D eigenvalue weighted by molar-refractivity contribution is 6.08. The molecule has 1 aliphatic heterocycles. The molecule has 3 unspecified atom stereocenters. The zero-order valence-electron chi connectivity index (χ0n) is 19.0. The number of ether oxygens (including phenoxy) is 2. The second kappa shape index (κ2) is 9.60. The lowest BCUT2D eigenvalue weighted by atomic mass is 9.85. The van der Waals surface area contributed by atoms with E-state index in [-0.39, 0.29) is 36.2 Å². The van der Waals surface area contributed by atoms with Crippen LogP contribution in [0.1, 0.15) is 38.9 Å². The van der Waals surface area contributed by atoms with Crippen LogP contribution in [0.5, 0.6) is 5.75 Å². The highest BCUT2D eigenvalue weighted by atomic mass is 16.6. The Balaban J connectivity index is 1.44. The Hall–Kier alpha value is -3.42. The number of fused-ring (bicyclic) bond motifs is 1. The van der Waals surface area contributed by atoms with Crippen LogP contribution in [-0.4, -0.2) is 41.0 Å². The molecule has 8 heteroatoms. The van der Waals surface area contributed by atoms with E-state index in [9.17, 15) is 14.4 Å². The van der Waals surface area contributed by atoms with Gasteiger partial charge >= 0.3 is 5.97 Å². The molecule has 0 bridgehead atoms. The average molecular weight is 453 g/mol. The molecule has 2 aromatic rings. The zero-order valence-corrected chi connectivity index (χ0v) is 19.0. The standard InChI is InChI=1S/C25H28N2O6/c1-15(2)12-22(27-23(28)19-6-4-5-7-20(19)24(27)29)25(30)32-14-18-13-21(26-33-18)16-8-10-17(31-3)11-9-16/h4-5,8-11,13,15,19-20,22H,6-7,12,14H2,1-3H3. The van der Waals surface area contributed by atoms with Crippen LogP contribution in [0.25, 0.3) is 11.3 Å². The number of amides is 2. The van der Waals surface area contributed by atoms with Gasteiger partial charge in [-0.15, -0.1) is 0 Å². The Morgan fingerprint density at radius 3 is 2.33 bits per heavy atom. The third kappa shape index (κ3) is 4.69. The lowest BCUT2D eigenvalue weighted by Gasteiger charge is -2.26. The largest absolute Gasteiger partial charge is 0.497 e. The molecule has 2 amide bonds. The predicted molar refractivity (Wildman–Crippen MR) is 119 cm³/mol. The van der Waals surface area contributed by atoms with Gasteiger partial charge in [-0.2, -0.15) is 0 Å². The Bertz CT molecular complexity index is 1030. The summed E-state index contributed by atoms with van der Waals surface area (Å²) in [6.45, 7) is 3.75. The van der Waals surface area contributed by atoms with Crippen LogP contribution >= 0.6 is 0 Å². The first kappa shape index (κ1) is 22.8. The van der Waals surface area contributed by atoms with E-state index in [1.807, 2.05) is 50.3 Å². The van der Waals surface area contributed by atoms with Gasteiger partial charge in [0, 0.05) is 11.6 Å². The molecule has 3 atom stereocenters. The molecule has 33 heavy (non-hydrogen) atoms. The molecule has 1 aliphatic carbocycles. The highest BCUT2D eigenvalue weighted by Crippen LogP contribution is 2.37. The molecule has 1 aromatic heterocycles. The summed E-state index contributed by atoms with van der Waals surface area (Å²) in [5.74, 6) is -0.742. The van der Waals surface area contributed by atoms with Crippen molar-refractivity contribution >= 4 is 17.8 Å². The maximum Gasteiger partial charge on any atom is 0.329 e. The second-order valence-electron chi connectivity index (χ2n) is 8.86. The Morgan fingerprint density at radius 2 is 1.76 bits per heavy atom. The number of imide groups is 1. The quantitative estimate of drug-likeness (QED) is 0.342. The smallest absolute Gasteiger partial charge is 0.329 e. The van der Waals surface area contributed by atoms with E-state index in [0.29, 0.717) is 30.7 Å². The molecule has 8 nitrogen and oxygen atoms in total. The van der Waals surface area contributed by atoms with E-state index in [4.69, 9.17) is 14.0 Å². The number of rotatable bonds is 8. The second-order valence-corrected chi connectivity index (χ2v) is 8.86. The fraction of sp³-hybridized carbons (Fsp3) is 0.440. The van der Waals surface area contributed by atoms with E-state index in [0.717, 1.165) is 16.2 Å². The maximum atomic E-state index is 13.0. The number of carbonyl (C=O) groups excluding carboxylic acids is 3. The molecule has 1 fully saturated rings. The summed E-state index contributed by atoms with van der Waals surface area (Å²) in [5, 5.41) is 4.03. The van der Waals surface area contributed by atoms with Gasteiger partial charge in [0.05, 0.1) is 18.9 Å². The van der Waals surface area contributed by atoms with Crippen LogP contribution in [-0.2, 0) is 25.7 Å². The number of allylic oxidation sites excluding steroid dienone is 2. The molecule has 0 radical (unpaired) electrons. The summed E-state index contributed by atoms with van der Waals surface area (Å²) in [5.41, 5.74) is 1.43. The third-order valence-corrected chi connectivity index (χ3v) is 6.12. The minimum atomic E-state index is -0.945. The number of hydrogen-bond donors (Lipinski definition) is 0. The van der Waals surface area contributed by atoms with Gasteiger partial charge in [-0.3, -0.25) is 14.5 Å². The van der Waals surface area contributed by atoms with Crippen molar-refractivity contribution in [2.75, 3.05) is 7.11 Å². The number of likely N-dealkylation sites (tertiary alicyclic amines) is 1. The van der Waals surface area contributed by atoms with Crippen LogP contribution in [0.15, 0.2) is 47.0 Å². The highest BCUT2D eigenvalue weighted by Gasteiger charge is 2.51. The number of benzene rings is 1. The van der Waals surface area contributed by atoms with Gasteiger partial charge in [-0.05, 0) is 49.4 Å². The minimum Gasteiger partial charge on any atom is -0.497 e. The number of carbonyl (C=O) groups is 3. The number of nitrogens with zero attached hydrogens (tertiary/aromatic N) is 2. The van der Waals surface area contributed by atoms with Crippen molar-refractivity contribution < 1.29 is 28.4 Å². The minimum absolute atomic E-state index is 0.0934. The number of hydrogen-bond acceptors (Lipinski definition) is 7. The molecule has 0 spiro atoms. The lowest BCUT2D eigenvalue weighted by Crippen LogP contribution is -2.47. The SMILES string of the molecule is COc1ccc(-c2cc(COC(=O)C(CC(C)C)N3C(=O)C4CC=CCC4C3=O)on2)cc1. The van der Waals surface area contributed by atoms with Gasteiger partial charge in [-0.25, -0.2) is 4.79 Å². The molecular formula is C25H28N2O6. The summed E-state index contributed by atoms with van der Waals surface area (Å²) >= 11 is 0. The first-order valence-electron chi connectivity index (χ1n) is 11.2. The van der Waals surface area contributed by atoms with Crippen molar-refractivity contribution in [2.45, 2.75) is 45.8 Å². The van der Waals surface area contributed by atoms with Crippen LogP contribution < -0.4 is 4.74 Å². The van der Waals surface area contributed by atoms with E-state index in [1.54, 1.807) is 13.2 Å². The fourth-order valence-electron chi connectivity index (χ4n) is 4.40. The van der Waals surface area contributed by atoms with Gasteiger partial charge in [-0.1, -0.05) is 31.2 Å². The summed E-state index contributed by atoms with van der Waals surface area (Å²) < 4.78 is 16.0. The summed E-state index contributed by atoms with van der Waals surface area (Å²) in [4.78, 5) is 40.1. The van der Waals surface area contributed by atoms with Crippen molar-refractivity contribution in [1.82, 2.24) is 10.1 Å². The maximum absolute atomic E-state index is 13.0. The van der Waals surface area contributed by atoms with Gasteiger partial charge in [0.25, 0.3) is 0 Å². The number of aromatic nitrogens is 1. The average Bonchev–Trinajstić information content (AvgIpc) is 3.39. The van der Waals surface area contributed by atoms with Gasteiger partial charge < -0.3 is 14.0 Å². The van der Waals surface area contributed by atoms with Crippen molar-refractivity contribution in [3.8, 4) is 17.0 Å². The third-order valence-electron chi connectivity index (χ3n) is 6.12. The molecular weight excluding hydrogens is 424 g/mol. The first-order valence-corrected chi connectivity index (χ1v) is 11.2. The zero-order chi connectivity index (χ0) is 23.5. The van der Waals surface area contributed by atoms with Crippen LogP contribution in [0.2, 0.25) is 0 Å². The van der Waals surface area contributed by atoms with E-state index >= 15 is 0 Å². The number of methoxy groups -OCH3 is 1. The van der Waals surface area contributed by atoms with Crippen LogP contribution in [0.3, 0.4) is 0 Å². The summed E-state index contributed by atoms with van der Waals surface area (Å²) in [6.07, 6.45) is 5.26. The van der Waals surface area contributed by atoms with Crippen LogP contribution in [0, 0.1) is 17.8 Å². The predicted octanol–water partition coefficient (Wildman–Crippen LogP) is 3.76. The molecule has 2 heterocycles. The lowest BCUT2D eigenvalue weighted by molar-refractivity contribution is -0.161. The van der Waals surface area contributed by atoms with Crippen molar-refractivity contribution in [3.63, 3.8) is 0 Å². The molecule has 0 saturated carbocycles. The Kier molecular flexibility index (Phi) is 6.62. The van der Waals surface area contributed by atoms with Crippen molar-refractivity contribution in [1.29, 1.82) is 0 Å². The molecule has 4 rings (SSSR count). The monoisotopic (exact) mass is 452 g/mol. The van der Waals surface area contributed by atoms with Crippen LogP contribution in [0.4, 0.5) is 0 Å². The number of esters is 1. The molecule has 174 valence electrons. The van der Waals surface area contributed by atoms with E-state index in [1.165, 1.54) is 0 Å². The van der Waals surface area contributed by atoms with Crippen molar-refractivity contribution in [3.05, 3.63) is 48.2 Å². The Labute approximate surface area is 192 Å². The topological polar surface area (TPSA) is 98.9 Å². The first-order chi connectivity index (χ1) is 15.9. The van der Waals surface area contributed by atoms with Gasteiger partial charge in [0.1, 0.15) is 17.5 Å². The summed E-state index contributed by atoms with van der Waals surface area (Å²) in [6, 6.07) is 8.08. The van der Waals surface area contributed by atoms with E-state index < -0.39 is 12.0 Å². The molecule has 0 N–H and O–H groups in total. The Morgan fingerprint density at radius 1 is 1.12 bits per heavy atom. The van der Waals surface area contributed by atoms with Crippen molar-refractivity contribution in [2.24, 2.45) is 17.8 Å².